The summed E-state index contributed by atoms with van der Waals surface area (Å²) in [6.45, 7) is 9.90. The van der Waals surface area contributed by atoms with Crippen LogP contribution in [0.5, 0.6) is 0 Å². The van der Waals surface area contributed by atoms with Crippen LogP contribution in [0.3, 0.4) is 0 Å². The molecule has 0 N–H and O–H groups in total. The Morgan fingerprint density at radius 2 is 1.69 bits per heavy atom. The van der Waals surface area contributed by atoms with Gasteiger partial charge in [0.2, 0.25) is 0 Å². The van der Waals surface area contributed by atoms with Crippen molar-refractivity contribution in [3.63, 3.8) is 0 Å². The standard InChI is InChI=1S/C11H14.C2H6/c1-3-5-11-8-6-10(4-2)7-9-11;1-2/h4,6-9H,2-3,5H2,1H3;1-2H3. The average molecular weight is 176 g/mol. The van der Waals surface area contributed by atoms with E-state index in [-0.39, 0.29) is 0 Å². The Hall–Kier alpha value is -1.04. The van der Waals surface area contributed by atoms with Crippen molar-refractivity contribution in [3.8, 4) is 0 Å². The van der Waals surface area contributed by atoms with Gasteiger partial charge in [-0.2, -0.15) is 0 Å². The summed E-state index contributed by atoms with van der Waals surface area (Å²) < 4.78 is 0. The molecule has 0 aliphatic rings. The maximum Gasteiger partial charge on any atom is -0.0262 e. The Balaban J connectivity index is 0.000000671. The van der Waals surface area contributed by atoms with E-state index in [2.05, 4.69) is 37.8 Å². The Morgan fingerprint density at radius 1 is 1.15 bits per heavy atom. The zero-order valence-corrected chi connectivity index (χ0v) is 9.01. The van der Waals surface area contributed by atoms with Crippen LogP contribution in [0.25, 0.3) is 6.08 Å². The molecule has 0 nitrogen and oxygen atoms in total. The first-order valence-electron chi connectivity index (χ1n) is 5.08. The zero-order valence-electron chi connectivity index (χ0n) is 9.01. The predicted molar refractivity (Wildman–Crippen MR) is 61.9 cm³/mol. The second-order valence-corrected chi connectivity index (χ2v) is 2.70. The van der Waals surface area contributed by atoms with Crippen molar-refractivity contribution in [2.24, 2.45) is 0 Å². The summed E-state index contributed by atoms with van der Waals surface area (Å²) in [5, 5.41) is 0. The number of benzene rings is 1. The third-order valence-electron chi connectivity index (χ3n) is 1.75. The highest BCUT2D eigenvalue weighted by atomic mass is 13.9. The summed E-state index contributed by atoms with van der Waals surface area (Å²) in [6, 6.07) is 8.55. The van der Waals surface area contributed by atoms with E-state index in [4.69, 9.17) is 0 Å². The molecule has 0 aliphatic carbocycles. The highest BCUT2D eigenvalue weighted by Crippen LogP contribution is 2.06. The van der Waals surface area contributed by atoms with Crippen LogP contribution in [0.4, 0.5) is 0 Å². The van der Waals surface area contributed by atoms with Gasteiger partial charge >= 0.3 is 0 Å². The van der Waals surface area contributed by atoms with E-state index in [0.29, 0.717) is 0 Å². The topological polar surface area (TPSA) is 0 Å². The predicted octanol–water partition coefficient (Wildman–Crippen LogP) is 4.31. The molecule has 0 aliphatic heterocycles. The van der Waals surface area contributed by atoms with E-state index < -0.39 is 0 Å². The summed E-state index contributed by atoms with van der Waals surface area (Å²) in [7, 11) is 0. The van der Waals surface area contributed by atoms with Gasteiger partial charge in [-0.15, -0.1) is 0 Å². The van der Waals surface area contributed by atoms with Gasteiger partial charge in [0.1, 0.15) is 0 Å². The quantitative estimate of drug-likeness (QED) is 0.644. The molecule has 0 atom stereocenters. The second-order valence-electron chi connectivity index (χ2n) is 2.70. The van der Waals surface area contributed by atoms with Gasteiger partial charge in [0.25, 0.3) is 0 Å². The zero-order chi connectivity index (χ0) is 10.1. The second kappa shape index (κ2) is 7.60. The van der Waals surface area contributed by atoms with Gasteiger partial charge in [0, 0.05) is 0 Å². The largest absolute Gasteiger partial charge is 0.0985 e. The first-order chi connectivity index (χ1) is 6.36. The Morgan fingerprint density at radius 3 is 2.08 bits per heavy atom. The lowest BCUT2D eigenvalue weighted by Gasteiger charge is -1.97. The van der Waals surface area contributed by atoms with E-state index in [1.807, 2.05) is 19.9 Å². The molecule has 72 valence electrons. The lowest BCUT2D eigenvalue weighted by molar-refractivity contribution is 0.922. The molecule has 0 unspecified atom stereocenters. The third kappa shape index (κ3) is 4.51. The molecule has 0 heterocycles. The van der Waals surface area contributed by atoms with Crippen LogP contribution >= 0.6 is 0 Å². The molecule has 0 amide bonds. The van der Waals surface area contributed by atoms with Crippen molar-refractivity contribution in [2.45, 2.75) is 33.6 Å². The van der Waals surface area contributed by atoms with Crippen LogP contribution in [0.15, 0.2) is 30.8 Å². The SMILES string of the molecule is C=Cc1ccc(CCC)cc1.CC. The minimum absolute atomic E-state index is 1.18. The Kier molecular flexibility index (Phi) is 6.99. The van der Waals surface area contributed by atoms with Crippen molar-refractivity contribution in [1.29, 1.82) is 0 Å². The number of rotatable bonds is 3. The molecule has 1 aromatic rings. The number of hydrogen-bond donors (Lipinski definition) is 0. The van der Waals surface area contributed by atoms with Crippen LogP contribution in [0.2, 0.25) is 0 Å². The molecular formula is C13H20. The third-order valence-corrected chi connectivity index (χ3v) is 1.75. The fourth-order valence-corrected chi connectivity index (χ4v) is 1.11. The molecule has 13 heavy (non-hydrogen) atoms. The molecule has 0 radical (unpaired) electrons. The van der Waals surface area contributed by atoms with Gasteiger partial charge in [-0.25, -0.2) is 0 Å². The van der Waals surface area contributed by atoms with Crippen molar-refractivity contribution in [3.05, 3.63) is 42.0 Å². The van der Waals surface area contributed by atoms with Gasteiger partial charge in [-0.05, 0) is 17.5 Å². The van der Waals surface area contributed by atoms with Crippen molar-refractivity contribution in [2.75, 3.05) is 0 Å². The Bertz CT molecular complexity index is 218. The normalized spacial score (nSPS) is 8.54. The van der Waals surface area contributed by atoms with E-state index in [1.54, 1.807) is 0 Å². The van der Waals surface area contributed by atoms with Crippen molar-refractivity contribution >= 4 is 6.08 Å². The van der Waals surface area contributed by atoms with Gasteiger partial charge < -0.3 is 0 Å². The fraction of sp³-hybridized carbons (Fsp3) is 0.385. The van der Waals surface area contributed by atoms with Crippen LogP contribution in [-0.2, 0) is 6.42 Å². The van der Waals surface area contributed by atoms with Crippen LogP contribution < -0.4 is 0 Å². The molecule has 0 heteroatoms. The monoisotopic (exact) mass is 176 g/mol. The summed E-state index contributed by atoms with van der Waals surface area (Å²) in [4.78, 5) is 0. The summed E-state index contributed by atoms with van der Waals surface area (Å²) in [5.41, 5.74) is 2.61. The van der Waals surface area contributed by atoms with Crippen LogP contribution in [0, 0.1) is 0 Å². The molecule has 0 spiro atoms. The molecule has 0 saturated heterocycles. The molecule has 1 aromatic carbocycles. The van der Waals surface area contributed by atoms with Gasteiger partial charge in [-0.3, -0.25) is 0 Å². The average Bonchev–Trinajstić information content (AvgIpc) is 2.23. The summed E-state index contributed by atoms with van der Waals surface area (Å²) in [5.74, 6) is 0. The van der Waals surface area contributed by atoms with E-state index in [0.717, 1.165) is 0 Å². The lowest BCUT2D eigenvalue weighted by Crippen LogP contribution is -1.81. The number of hydrogen-bond acceptors (Lipinski definition) is 0. The minimum atomic E-state index is 1.18. The first-order valence-corrected chi connectivity index (χ1v) is 5.08. The lowest BCUT2D eigenvalue weighted by atomic mass is 10.1. The maximum absolute atomic E-state index is 3.71. The fourth-order valence-electron chi connectivity index (χ4n) is 1.11. The van der Waals surface area contributed by atoms with E-state index in [9.17, 15) is 0 Å². The van der Waals surface area contributed by atoms with Crippen LogP contribution in [-0.4, -0.2) is 0 Å². The van der Waals surface area contributed by atoms with Crippen molar-refractivity contribution in [1.82, 2.24) is 0 Å². The molecule has 1 rings (SSSR count). The maximum atomic E-state index is 3.71. The first kappa shape index (κ1) is 12.0. The molecule has 0 aromatic heterocycles. The van der Waals surface area contributed by atoms with Gasteiger partial charge in [0.15, 0.2) is 0 Å². The number of aryl methyl sites for hydroxylation is 1. The summed E-state index contributed by atoms with van der Waals surface area (Å²) in [6.07, 6.45) is 4.26. The molecule has 0 saturated carbocycles. The molecular weight excluding hydrogens is 156 g/mol. The highest BCUT2D eigenvalue weighted by molar-refractivity contribution is 5.47. The minimum Gasteiger partial charge on any atom is -0.0985 e. The molecule has 0 fully saturated rings. The smallest absolute Gasteiger partial charge is 0.0262 e. The van der Waals surface area contributed by atoms with Gasteiger partial charge in [0.05, 0.1) is 0 Å². The van der Waals surface area contributed by atoms with E-state index in [1.165, 1.54) is 24.0 Å². The Labute approximate surface area is 82.3 Å². The summed E-state index contributed by atoms with van der Waals surface area (Å²) >= 11 is 0. The van der Waals surface area contributed by atoms with Crippen molar-refractivity contribution < 1.29 is 0 Å². The highest BCUT2D eigenvalue weighted by Gasteiger charge is 1.89. The van der Waals surface area contributed by atoms with E-state index >= 15 is 0 Å². The van der Waals surface area contributed by atoms with Gasteiger partial charge in [-0.1, -0.05) is 64.1 Å². The van der Waals surface area contributed by atoms with Crippen LogP contribution in [0.1, 0.15) is 38.3 Å². The molecule has 0 bridgehead atoms.